The summed E-state index contributed by atoms with van der Waals surface area (Å²) < 4.78 is 39.6. The minimum atomic E-state index is -1.15. The topological polar surface area (TPSA) is 29.3 Å². The van der Waals surface area contributed by atoms with E-state index in [0.717, 1.165) is 19.0 Å². The molecule has 0 aromatic heterocycles. The maximum Gasteiger partial charge on any atom is 0.161 e. The second-order valence-electron chi connectivity index (χ2n) is 5.95. The lowest BCUT2D eigenvalue weighted by atomic mass is 9.79. The smallest absolute Gasteiger partial charge is 0.161 e. The Kier molecular flexibility index (Phi) is 3.87. The molecule has 0 bridgehead atoms. The minimum absolute atomic E-state index is 0.0622. The first-order valence-electron chi connectivity index (χ1n) is 6.41. The summed E-state index contributed by atoms with van der Waals surface area (Å²) in [6, 6.07) is 1.65. The van der Waals surface area contributed by atoms with Crippen LogP contribution in [-0.4, -0.2) is 24.0 Å². The number of nitrogens with zero attached hydrogens (tertiary/aromatic N) is 1. The molecule has 1 unspecified atom stereocenters. The van der Waals surface area contributed by atoms with Gasteiger partial charge in [0, 0.05) is 37.3 Å². The lowest BCUT2D eigenvalue weighted by Crippen LogP contribution is -2.52. The lowest BCUT2D eigenvalue weighted by molar-refractivity contribution is 0.0889. The quantitative estimate of drug-likeness (QED) is 0.839. The van der Waals surface area contributed by atoms with Gasteiger partial charge in [-0.1, -0.05) is 13.8 Å². The van der Waals surface area contributed by atoms with E-state index in [1.54, 1.807) is 0 Å². The normalized spacial score (nSPS) is 23.6. The summed E-state index contributed by atoms with van der Waals surface area (Å²) in [5, 5.41) is 0. The number of hydrogen-bond acceptors (Lipinski definition) is 2. The molecule has 1 aromatic rings. The van der Waals surface area contributed by atoms with Crippen molar-refractivity contribution in [2.24, 2.45) is 11.1 Å². The Balaban J connectivity index is 2.12. The first-order valence-corrected chi connectivity index (χ1v) is 6.41. The van der Waals surface area contributed by atoms with Gasteiger partial charge in [-0.25, -0.2) is 13.2 Å². The van der Waals surface area contributed by atoms with Gasteiger partial charge >= 0.3 is 0 Å². The molecule has 0 aliphatic carbocycles. The predicted molar refractivity (Wildman–Crippen MR) is 68.0 cm³/mol. The molecule has 1 heterocycles. The molecule has 0 spiro atoms. The van der Waals surface area contributed by atoms with Crippen molar-refractivity contribution in [2.45, 2.75) is 32.9 Å². The molecule has 5 heteroatoms. The summed E-state index contributed by atoms with van der Waals surface area (Å²) in [6.45, 7) is 5.85. The summed E-state index contributed by atoms with van der Waals surface area (Å²) in [5.41, 5.74) is 6.15. The second kappa shape index (κ2) is 5.13. The van der Waals surface area contributed by atoms with Crippen LogP contribution in [0.25, 0.3) is 0 Å². The molecule has 19 heavy (non-hydrogen) atoms. The SMILES string of the molecule is CC1(C)CN(Cc2cc(F)c(F)cc2F)CCC1N. The van der Waals surface area contributed by atoms with Crippen molar-refractivity contribution < 1.29 is 13.2 Å². The molecule has 1 aliphatic heterocycles. The molecule has 1 atom stereocenters. The molecule has 106 valence electrons. The molecule has 0 radical (unpaired) electrons. The van der Waals surface area contributed by atoms with Crippen LogP contribution >= 0.6 is 0 Å². The van der Waals surface area contributed by atoms with Gasteiger partial charge in [-0.2, -0.15) is 0 Å². The van der Waals surface area contributed by atoms with Crippen LogP contribution in [0, 0.1) is 22.9 Å². The fourth-order valence-corrected chi connectivity index (χ4v) is 2.55. The van der Waals surface area contributed by atoms with Crippen molar-refractivity contribution in [2.75, 3.05) is 13.1 Å². The lowest BCUT2D eigenvalue weighted by Gasteiger charge is -2.42. The Morgan fingerprint density at radius 1 is 1.21 bits per heavy atom. The third-order valence-electron chi connectivity index (χ3n) is 3.87. The van der Waals surface area contributed by atoms with Gasteiger partial charge in [0.1, 0.15) is 5.82 Å². The molecular formula is C14H19F3N2. The highest BCUT2D eigenvalue weighted by Gasteiger charge is 2.33. The van der Waals surface area contributed by atoms with Gasteiger partial charge in [-0.05, 0) is 17.9 Å². The highest BCUT2D eigenvalue weighted by molar-refractivity contribution is 5.20. The van der Waals surface area contributed by atoms with Crippen molar-refractivity contribution in [1.82, 2.24) is 4.90 Å². The summed E-state index contributed by atoms with van der Waals surface area (Å²) in [7, 11) is 0. The van der Waals surface area contributed by atoms with E-state index in [2.05, 4.69) is 13.8 Å². The number of benzene rings is 1. The fourth-order valence-electron chi connectivity index (χ4n) is 2.55. The Labute approximate surface area is 111 Å². The molecule has 1 saturated heterocycles. The fraction of sp³-hybridized carbons (Fsp3) is 0.571. The van der Waals surface area contributed by atoms with Crippen LogP contribution in [0.2, 0.25) is 0 Å². The molecule has 1 aliphatic rings. The van der Waals surface area contributed by atoms with E-state index in [4.69, 9.17) is 5.73 Å². The van der Waals surface area contributed by atoms with Gasteiger partial charge in [-0.15, -0.1) is 0 Å². The first-order chi connectivity index (χ1) is 8.79. The summed E-state index contributed by atoms with van der Waals surface area (Å²) in [4.78, 5) is 2.03. The zero-order valence-electron chi connectivity index (χ0n) is 11.2. The molecular weight excluding hydrogens is 253 g/mol. The Morgan fingerprint density at radius 2 is 1.84 bits per heavy atom. The summed E-state index contributed by atoms with van der Waals surface area (Å²) in [5.74, 6) is -2.86. The zero-order chi connectivity index (χ0) is 14.2. The van der Waals surface area contributed by atoms with E-state index < -0.39 is 17.5 Å². The monoisotopic (exact) mass is 272 g/mol. The van der Waals surface area contributed by atoms with Crippen LogP contribution in [0.5, 0.6) is 0 Å². The van der Waals surface area contributed by atoms with Gasteiger partial charge in [0.15, 0.2) is 11.6 Å². The van der Waals surface area contributed by atoms with Gasteiger partial charge in [0.2, 0.25) is 0 Å². The van der Waals surface area contributed by atoms with Gasteiger partial charge in [-0.3, -0.25) is 4.90 Å². The third kappa shape index (κ3) is 3.09. The standard InChI is InChI=1S/C14H19F3N2/c1-14(2)8-19(4-3-13(14)18)7-9-5-11(16)12(17)6-10(9)15/h5-6,13H,3-4,7-8,18H2,1-2H3. The molecule has 2 nitrogen and oxygen atoms in total. The summed E-state index contributed by atoms with van der Waals surface area (Å²) >= 11 is 0. The first kappa shape index (κ1) is 14.3. The van der Waals surface area contributed by atoms with Crippen LogP contribution in [0.3, 0.4) is 0 Å². The van der Waals surface area contributed by atoms with Crippen molar-refractivity contribution in [3.8, 4) is 0 Å². The van der Waals surface area contributed by atoms with Gasteiger partial charge in [0.25, 0.3) is 0 Å². The van der Waals surface area contributed by atoms with Crippen LogP contribution in [0.1, 0.15) is 25.8 Å². The molecule has 2 rings (SSSR count). The van der Waals surface area contributed by atoms with E-state index in [9.17, 15) is 13.2 Å². The van der Waals surface area contributed by atoms with Crippen molar-refractivity contribution in [1.29, 1.82) is 0 Å². The number of likely N-dealkylation sites (tertiary alicyclic amines) is 1. The molecule has 1 fully saturated rings. The van der Waals surface area contributed by atoms with E-state index in [0.29, 0.717) is 12.6 Å². The number of nitrogens with two attached hydrogens (primary N) is 1. The Morgan fingerprint density at radius 3 is 2.47 bits per heavy atom. The van der Waals surface area contributed by atoms with E-state index >= 15 is 0 Å². The van der Waals surface area contributed by atoms with Crippen LogP contribution in [-0.2, 0) is 6.54 Å². The minimum Gasteiger partial charge on any atom is -0.327 e. The Hall–Kier alpha value is -1.07. The van der Waals surface area contributed by atoms with E-state index in [1.807, 2.05) is 4.90 Å². The van der Waals surface area contributed by atoms with Crippen LogP contribution in [0.4, 0.5) is 13.2 Å². The average Bonchev–Trinajstić information content (AvgIpc) is 2.30. The Bertz CT molecular complexity index is 474. The van der Waals surface area contributed by atoms with Gasteiger partial charge in [0.05, 0.1) is 0 Å². The van der Waals surface area contributed by atoms with Crippen LogP contribution < -0.4 is 5.73 Å². The molecule has 0 saturated carbocycles. The zero-order valence-corrected chi connectivity index (χ0v) is 11.2. The van der Waals surface area contributed by atoms with Crippen molar-refractivity contribution in [3.05, 3.63) is 35.1 Å². The summed E-state index contributed by atoms with van der Waals surface area (Å²) in [6.07, 6.45) is 0.818. The second-order valence-corrected chi connectivity index (χ2v) is 5.95. The van der Waals surface area contributed by atoms with Crippen molar-refractivity contribution >= 4 is 0 Å². The molecule has 1 aromatic carbocycles. The third-order valence-corrected chi connectivity index (χ3v) is 3.87. The number of rotatable bonds is 2. The number of hydrogen-bond donors (Lipinski definition) is 1. The highest BCUT2D eigenvalue weighted by Crippen LogP contribution is 2.29. The van der Waals surface area contributed by atoms with E-state index in [1.165, 1.54) is 0 Å². The predicted octanol–water partition coefficient (Wildman–Crippen LogP) is 2.66. The van der Waals surface area contributed by atoms with Crippen LogP contribution in [0.15, 0.2) is 12.1 Å². The number of piperidine rings is 1. The largest absolute Gasteiger partial charge is 0.327 e. The van der Waals surface area contributed by atoms with Gasteiger partial charge < -0.3 is 5.73 Å². The van der Waals surface area contributed by atoms with E-state index in [-0.39, 0.29) is 23.6 Å². The molecule has 2 N–H and O–H groups in total. The number of halogens is 3. The average molecular weight is 272 g/mol. The van der Waals surface area contributed by atoms with Crippen molar-refractivity contribution in [3.63, 3.8) is 0 Å². The molecule has 0 amide bonds. The maximum atomic E-state index is 13.6. The maximum absolute atomic E-state index is 13.6. The highest BCUT2D eigenvalue weighted by atomic mass is 19.2.